The molecule has 0 aromatic rings. The molecule has 0 saturated heterocycles. The Morgan fingerprint density at radius 3 is 0.573 bits per heavy atom. The van der Waals surface area contributed by atoms with Gasteiger partial charge in [0.05, 0.1) is 0 Å². The van der Waals surface area contributed by atoms with Gasteiger partial charge in [-0.15, -0.1) is 0 Å². The molecule has 0 aliphatic heterocycles. The molecule has 0 aromatic heterocycles. The summed E-state index contributed by atoms with van der Waals surface area (Å²) in [6.07, 6.45) is -9.25. The highest BCUT2D eigenvalue weighted by molar-refractivity contribution is 8.01. The van der Waals surface area contributed by atoms with Gasteiger partial charge in [0.25, 0.3) is 0 Å². The van der Waals surface area contributed by atoms with E-state index in [1.54, 1.807) is 0 Å². The van der Waals surface area contributed by atoms with Crippen molar-refractivity contribution in [2.75, 3.05) is 39.6 Å². The minimum absolute atomic E-state index is 0.0502. The van der Waals surface area contributed by atoms with Crippen LogP contribution in [0.5, 0.6) is 0 Å². The summed E-state index contributed by atoms with van der Waals surface area (Å²) < 4.78 is 477. The number of hydrogen-bond acceptors (Lipinski definition) is 7. The van der Waals surface area contributed by atoms with Gasteiger partial charge in [0.1, 0.15) is 0 Å². The topological polar surface area (TPSA) is 55.4 Å². The average molecular weight is 1230 g/mol. The van der Waals surface area contributed by atoms with Crippen molar-refractivity contribution in [3.05, 3.63) is 0 Å². The van der Waals surface area contributed by atoms with E-state index in [4.69, 9.17) is 26.6 Å². The van der Waals surface area contributed by atoms with Crippen molar-refractivity contribution in [2.24, 2.45) is 0 Å². The normalized spacial score (nSPS) is 17.4. The highest BCUT2D eigenvalue weighted by atomic mass is 32.2. The fourth-order valence-electron chi connectivity index (χ4n) is 6.61. The lowest BCUT2D eigenvalue weighted by atomic mass is 9.82. The van der Waals surface area contributed by atoms with Crippen molar-refractivity contribution >= 4 is 29.4 Å². The molecule has 6 nitrogen and oxygen atoms in total. The smallest absolute Gasteiger partial charge is 0.374 e. The second kappa shape index (κ2) is 23.5. The first kappa shape index (κ1) is 73.4. The lowest BCUT2D eigenvalue weighted by Gasteiger charge is -2.46. The van der Waals surface area contributed by atoms with Crippen LogP contribution in [0, 0.1) is 0 Å². The Labute approximate surface area is 413 Å². The van der Waals surface area contributed by atoms with E-state index in [0.29, 0.717) is 0 Å². The van der Waals surface area contributed by atoms with Crippen LogP contribution in [0.2, 0.25) is 12.1 Å². The lowest BCUT2D eigenvalue weighted by molar-refractivity contribution is -0.445. The van der Waals surface area contributed by atoms with Gasteiger partial charge < -0.3 is 26.6 Å². The number of alkyl halides is 30. The van der Waals surface area contributed by atoms with Gasteiger partial charge in [0.2, 0.25) is 0 Å². The third-order valence-corrected chi connectivity index (χ3v) is 18.1. The average Bonchev–Trinajstić information content (AvgIpc) is 3.26. The summed E-state index contributed by atoms with van der Waals surface area (Å²) in [5, 5.41) is -17.7. The molecule has 2 atom stereocenters. The Bertz CT molecular complexity index is 1670. The van der Waals surface area contributed by atoms with Crippen molar-refractivity contribution in [3.63, 3.8) is 0 Å². The van der Waals surface area contributed by atoms with E-state index >= 15 is 26.3 Å². The standard InChI is InChI=1S/C36H48F30O6SSi2/c1-9-21(37,17-19-74(67-11-3,68-12-4)69-13-5)23(39,40)25(43,44)27(47,48)29(51,52)31(55,56)33(59,60)35(63,64)73-36(65,66)34(61,62)32(57,58)30(53,54)28(49,50)26(45,46)24(41,42)22(38,10-2)18-20-75(70-14-6,71-15-7)72-16-8/h9-20H2,1-8H3. The van der Waals surface area contributed by atoms with Crippen molar-refractivity contribution < 1.29 is 158 Å². The molecule has 0 N–H and O–H groups in total. The van der Waals surface area contributed by atoms with Crippen LogP contribution >= 0.6 is 11.8 Å². The Hall–Kier alpha value is -1.56. The van der Waals surface area contributed by atoms with E-state index < -0.39 is 200 Å². The summed E-state index contributed by atoms with van der Waals surface area (Å²) in [6.45, 7) is 3.54. The molecule has 0 bridgehead atoms. The largest absolute Gasteiger partial charge is 0.501 e. The second-order valence-electron chi connectivity index (χ2n) is 15.6. The van der Waals surface area contributed by atoms with Crippen LogP contribution in [0.25, 0.3) is 0 Å². The maximum absolute atomic E-state index is 15.7. The maximum Gasteiger partial charge on any atom is 0.501 e. The minimum atomic E-state index is -9.46. The number of thioether (sulfide) groups is 1. The molecule has 0 aromatic carbocycles. The van der Waals surface area contributed by atoms with E-state index in [9.17, 15) is 105 Å². The van der Waals surface area contributed by atoms with Crippen LogP contribution in [0.1, 0.15) is 81.1 Å². The zero-order valence-corrected chi connectivity index (χ0v) is 42.5. The lowest BCUT2D eigenvalue weighted by Crippen LogP contribution is -2.75. The predicted octanol–water partition coefficient (Wildman–Crippen LogP) is 15.6. The summed E-state index contributed by atoms with van der Waals surface area (Å²) in [4.78, 5) is 0. The zero-order valence-electron chi connectivity index (χ0n) is 39.7. The molecule has 0 aliphatic carbocycles. The number of hydrogen-bond donors (Lipinski definition) is 0. The Morgan fingerprint density at radius 1 is 0.253 bits per heavy atom. The third kappa shape index (κ3) is 11.8. The van der Waals surface area contributed by atoms with Crippen LogP contribution in [0.15, 0.2) is 0 Å². The first-order valence-corrected chi connectivity index (χ1v) is 26.0. The zero-order chi connectivity index (χ0) is 60.4. The first-order valence-electron chi connectivity index (χ1n) is 21.3. The summed E-state index contributed by atoms with van der Waals surface area (Å²) in [7, 11) is -9.22. The molecule has 0 fully saturated rings. The van der Waals surface area contributed by atoms with Crippen LogP contribution < -0.4 is 0 Å². The SMILES string of the molecule is CCO[Si](CCC(F)(CC)C(F)(F)C(F)(F)C(F)(F)C(F)(F)C(F)(F)C(F)(F)C(F)(F)SC(F)(F)C(F)(F)C(F)(F)C(F)(F)C(F)(F)C(F)(F)C(F)(F)C(F)(CC)CC[Si](OCC)(OCC)OCC)(OCC)OCC. The fraction of sp³-hybridized carbons (Fsp3) is 1.00. The van der Waals surface area contributed by atoms with Gasteiger partial charge in [-0.1, -0.05) is 13.8 Å². The van der Waals surface area contributed by atoms with Gasteiger partial charge >= 0.3 is 99.2 Å². The van der Waals surface area contributed by atoms with Crippen LogP contribution in [-0.4, -0.2) is 150 Å². The highest BCUT2D eigenvalue weighted by Crippen LogP contribution is 2.70. The Kier molecular flexibility index (Phi) is 23.0. The van der Waals surface area contributed by atoms with Crippen molar-refractivity contribution in [1.82, 2.24) is 0 Å². The molecule has 0 spiro atoms. The maximum atomic E-state index is 15.7. The van der Waals surface area contributed by atoms with E-state index in [1.165, 1.54) is 0 Å². The molecular formula is C36H48F30O6SSi2. The van der Waals surface area contributed by atoms with E-state index in [0.717, 1.165) is 41.5 Å². The molecule has 0 heterocycles. The molecule has 0 saturated carbocycles. The molecule has 2 unspecified atom stereocenters. The molecule has 0 rings (SSSR count). The summed E-state index contributed by atoms with van der Waals surface area (Å²) in [5.41, 5.74) is -10.9. The second-order valence-corrected chi connectivity index (χ2v) is 22.3. The first-order chi connectivity index (χ1) is 33.1. The van der Waals surface area contributed by atoms with E-state index in [1.807, 2.05) is 0 Å². The quantitative estimate of drug-likeness (QED) is 0.0458. The molecule has 0 radical (unpaired) electrons. The summed E-state index contributed by atoms with van der Waals surface area (Å²) in [5.74, 6) is -107. The molecule has 0 aliphatic rings. The minimum Gasteiger partial charge on any atom is -0.374 e. The fourth-order valence-corrected chi connectivity index (χ4v) is 12.9. The van der Waals surface area contributed by atoms with Gasteiger partial charge in [-0.2, -0.15) is 123 Å². The van der Waals surface area contributed by atoms with Crippen molar-refractivity contribution in [1.29, 1.82) is 0 Å². The van der Waals surface area contributed by atoms with Crippen LogP contribution in [-0.2, 0) is 26.6 Å². The van der Waals surface area contributed by atoms with Gasteiger partial charge in [-0.3, -0.25) is 0 Å². The molecule has 0 amide bonds. The summed E-state index contributed by atoms with van der Waals surface area (Å²) >= 11 is -4.83. The van der Waals surface area contributed by atoms with E-state index in [-0.39, 0.29) is 13.8 Å². The van der Waals surface area contributed by atoms with Crippen LogP contribution in [0.3, 0.4) is 0 Å². The van der Waals surface area contributed by atoms with Gasteiger partial charge in [0, 0.05) is 51.7 Å². The van der Waals surface area contributed by atoms with E-state index in [2.05, 4.69) is 0 Å². The van der Waals surface area contributed by atoms with Gasteiger partial charge in [-0.05, 0) is 79.0 Å². The predicted molar refractivity (Wildman–Crippen MR) is 205 cm³/mol. The van der Waals surface area contributed by atoms with Gasteiger partial charge in [-0.25, -0.2) is 8.78 Å². The van der Waals surface area contributed by atoms with Crippen molar-refractivity contribution in [2.45, 2.75) is 186 Å². The molecule has 75 heavy (non-hydrogen) atoms. The molecule has 39 heteroatoms. The Morgan fingerprint density at radius 2 is 0.413 bits per heavy atom. The molecular weight excluding hydrogens is 1190 g/mol. The number of rotatable bonds is 36. The van der Waals surface area contributed by atoms with Gasteiger partial charge in [0.15, 0.2) is 11.3 Å². The molecule has 452 valence electrons. The Balaban J connectivity index is 7.57. The van der Waals surface area contributed by atoms with Crippen molar-refractivity contribution in [3.8, 4) is 0 Å². The highest BCUT2D eigenvalue weighted by Gasteiger charge is 2.97. The third-order valence-electron chi connectivity index (χ3n) is 11.0. The monoisotopic (exact) mass is 1230 g/mol. The number of halogens is 30. The summed E-state index contributed by atoms with van der Waals surface area (Å²) in [6, 6.07) is -3.04. The van der Waals surface area contributed by atoms with Crippen LogP contribution in [0.4, 0.5) is 132 Å².